The SMILES string of the molecule is CCN(Cc1ccc(C(C)(C)C)cc1)C(=O)NN. The summed E-state index contributed by atoms with van der Waals surface area (Å²) in [6, 6.07) is 8.10. The van der Waals surface area contributed by atoms with Gasteiger partial charge in [-0.2, -0.15) is 0 Å². The summed E-state index contributed by atoms with van der Waals surface area (Å²) < 4.78 is 0. The molecule has 2 amide bonds. The van der Waals surface area contributed by atoms with E-state index in [1.165, 1.54) is 5.56 Å². The fraction of sp³-hybridized carbons (Fsp3) is 0.500. The number of carbonyl (C=O) groups excluding carboxylic acids is 1. The predicted octanol–water partition coefficient (Wildman–Crippen LogP) is 2.39. The van der Waals surface area contributed by atoms with Crippen LogP contribution in [0, 0.1) is 0 Å². The van der Waals surface area contributed by atoms with E-state index in [0.29, 0.717) is 13.1 Å². The van der Waals surface area contributed by atoms with Gasteiger partial charge in [-0.05, 0) is 23.5 Å². The molecule has 1 rings (SSSR count). The smallest absolute Gasteiger partial charge is 0.320 e. The van der Waals surface area contributed by atoms with E-state index in [1.54, 1.807) is 4.90 Å². The average Bonchev–Trinajstić information content (AvgIpc) is 2.34. The quantitative estimate of drug-likeness (QED) is 0.491. The van der Waals surface area contributed by atoms with Crippen molar-refractivity contribution in [2.45, 2.75) is 39.7 Å². The number of nitrogens with two attached hydrogens (primary N) is 1. The van der Waals surface area contributed by atoms with Crippen molar-refractivity contribution in [3.8, 4) is 0 Å². The van der Waals surface area contributed by atoms with Crippen LogP contribution in [0.1, 0.15) is 38.8 Å². The average molecular weight is 249 g/mol. The Morgan fingerprint density at radius 1 is 1.28 bits per heavy atom. The molecule has 0 saturated carbocycles. The highest BCUT2D eigenvalue weighted by Gasteiger charge is 2.14. The highest BCUT2D eigenvalue weighted by Crippen LogP contribution is 2.22. The maximum atomic E-state index is 11.5. The molecule has 1 aromatic carbocycles. The molecule has 0 bridgehead atoms. The third kappa shape index (κ3) is 3.74. The van der Waals surface area contributed by atoms with E-state index in [9.17, 15) is 4.79 Å². The zero-order chi connectivity index (χ0) is 13.8. The molecule has 0 aliphatic heterocycles. The minimum absolute atomic E-state index is 0.150. The van der Waals surface area contributed by atoms with Crippen molar-refractivity contribution < 1.29 is 4.79 Å². The number of carbonyl (C=O) groups is 1. The number of rotatable bonds is 3. The summed E-state index contributed by atoms with van der Waals surface area (Å²) in [5.41, 5.74) is 4.70. The number of nitrogens with one attached hydrogen (secondary N) is 1. The van der Waals surface area contributed by atoms with Crippen LogP contribution >= 0.6 is 0 Å². The summed E-state index contributed by atoms with van der Waals surface area (Å²) in [4.78, 5) is 13.1. The van der Waals surface area contributed by atoms with Gasteiger partial charge < -0.3 is 4.90 Å². The maximum Gasteiger partial charge on any atom is 0.331 e. The zero-order valence-electron chi connectivity index (χ0n) is 11.7. The van der Waals surface area contributed by atoms with Crippen LogP contribution in [0.25, 0.3) is 0 Å². The molecule has 0 radical (unpaired) electrons. The van der Waals surface area contributed by atoms with Crippen LogP contribution in [0.15, 0.2) is 24.3 Å². The summed E-state index contributed by atoms with van der Waals surface area (Å²) in [6.45, 7) is 9.68. The van der Waals surface area contributed by atoms with Gasteiger partial charge in [0.2, 0.25) is 0 Å². The Morgan fingerprint density at radius 3 is 2.22 bits per heavy atom. The van der Waals surface area contributed by atoms with Gasteiger partial charge in [-0.15, -0.1) is 0 Å². The molecule has 0 aliphatic carbocycles. The molecule has 0 heterocycles. The second-order valence-corrected chi connectivity index (χ2v) is 5.41. The van der Waals surface area contributed by atoms with Crippen LogP contribution in [-0.4, -0.2) is 17.5 Å². The number of amides is 2. The van der Waals surface area contributed by atoms with Gasteiger partial charge in [0.1, 0.15) is 0 Å². The van der Waals surface area contributed by atoms with Crippen molar-refractivity contribution in [1.29, 1.82) is 0 Å². The second kappa shape index (κ2) is 5.87. The Hall–Kier alpha value is -1.55. The van der Waals surface area contributed by atoms with Gasteiger partial charge in [0, 0.05) is 13.1 Å². The molecule has 3 N–H and O–H groups in total. The lowest BCUT2D eigenvalue weighted by Crippen LogP contribution is -2.42. The molecule has 0 aliphatic rings. The van der Waals surface area contributed by atoms with Crippen molar-refractivity contribution in [3.05, 3.63) is 35.4 Å². The van der Waals surface area contributed by atoms with Crippen LogP contribution in [0.4, 0.5) is 4.79 Å². The lowest BCUT2D eigenvalue weighted by atomic mass is 9.87. The minimum Gasteiger partial charge on any atom is -0.320 e. The van der Waals surface area contributed by atoms with E-state index >= 15 is 0 Å². The van der Waals surface area contributed by atoms with E-state index in [4.69, 9.17) is 5.84 Å². The molecule has 0 aromatic heterocycles. The van der Waals surface area contributed by atoms with Gasteiger partial charge in [-0.3, -0.25) is 5.43 Å². The van der Waals surface area contributed by atoms with Gasteiger partial charge in [0.05, 0.1) is 0 Å². The fourth-order valence-electron chi connectivity index (χ4n) is 1.75. The standard InChI is InChI=1S/C14H23N3O/c1-5-17(13(18)16-15)10-11-6-8-12(9-7-11)14(2,3)4/h6-9H,5,10,15H2,1-4H3,(H,16,18). The molecule has 0 atom stereocenters. The monoisotopic (exact) mass is 249 g/mol. The topological polar surface area (TPSA) is 58.4 Å². The number of hydrazine groups is 1. The van der Waals surface area contributed by atoms with Crippen LogP contribution in [0.2, 0.25) is 0 Å². The Morgan fingerprint density at radius 2 is 1.83 bits per heavy atom. The molecule has 1 aromatic rings. The second-order valence-electron chi connectivity index (χ2n) is 5.41. The Labute approximate surface area is 109 Å². The summed E-state index contributed by atoms with van der Waals surface area (Å²) in [6.07, 6.45) is 0. The van der Waals surface area contributed by atoms with E-state index in [-0.39, 0.29) is 11.4 Å². The van der Waals surface area contributed by atoms with E-state index in [0.717, 1.165) is 5.56 Å². The summed E-state index contributed by atoms with van der Waals surface area (Å²) in [7, 11) is 0. The van der Waals surface area contributed by atoms with Crippen LogP contribution in [-0.2, 0) is 12.0 Å². The molecule has 18 heavy (non-hydrogen) atoms. The molecule has 0 fully saturated rings. The lowest BCUT2D eigenvalue weighted by molar-refractivity contribution is 0.198. The van der Waals surface area contributed by atoms with Gasteiger partial charge in [-0.1, -0.05) is 45.0 Å². The first kappa shape index (κ1) is 14.5. The summed E-state index contributed by atoms with van der Waals surface area (Å²) in [5, 5.41) is 0. The number of urea groups is 1. The van der Waals surface area contributed by atoms with Crippen LogP contribution < -0.4 is 11.3 Å². The molecular formula is C14H23N3O. The number of benzene rings is 1. The highest BCUT2D eigenvalue weighted by molar-refractivity contribution is 5.73. The Kier molecular flexibility index (Phi) is 4.73. The first-order valence-corrected chi connectivity index (χ1v) is 6.23. The number of hydrogen-bond donors (Lipinski definition) is 2. The van der Waals surface area contributed by atoms with E-state index in [2.05, 4.69) is 50.5 Å². The third-order valence-electron chi connectivity index (χ3n) is 2.99. The molecule has 4 nitrogen and oxygen atoms in total. The largest absolute Gasteiger partial charge is 0.331 e. The highest BCUT2D eigenvalue weighted by atomic mass is 16.2. The van der Waals surface area contributed by atoms with Crippen molar-refractivity contribution in [2.24, 2.45) is 5.84 Å². The Bertz CT molecular complexity index is 392. The predicted molar refractivity (Wildman–Crippen MR) is 73.9 cm³/mol. The first-order valence-electron chi connectivity index (χ1n) is 6.23. The lowest BCUT2D eigenvalue weighted by Gasteiger charge is -2.22. The molecule has 4 heteroatoms. The summed E-state index contributed by atoms with van der Waals surface area (Å²) >= 11 is 0. The minimum atomic E-state index is -0.252. The third-order valence-corrected chi connectivity index (χ3v) is 2.99. The van der Waals surface area contributed by atoms with Gasteiger partial charge in [0.15, 0.2) is 0 Å². The normalized spacial score (nSPS) is 11.2. The molecular weight excluding hydrogens is 226 g/mol. The zero-order valence-corrected chi connectivity index (χ0v) is 11.7. The van der Waals surface area contributed by atoms with Crippen molar-refractivity contribution in [2.75, 3.05) is 6.54 Å². The molecule has 0 unspecified atom stereocenters. The molecule has 0 spiro atoms. The van der Waals surface area contributed by atoms with E-state index < -0.39 is 0 Å². The van der Waals surface area contributed by atoms with E-state index in [1.807, 2.05) is 6.92 Å². The van der Waals surface area contributed by atoms with Crippen molar-refractivity contribution in [3.63, 3.8) is 0 Å². The van der Waals surface area contributed by atoms with Gasteiger partial charge in [-0.25, -0.2) is 10.6 Å². The fourth-order valence-corrected chi connectivity index (χ4v) is 1.75. The van der Waals surface area contributed by atoms with Crippen molar-refractivity contribution >= 4 is 6.03 Å². The van der Waals surface area contributed by atoms with Crippen LogP contribution in [0.3, 0.4) is 0 Å². The molecule has 0 saturated heterocycles. The van der Waals surface area contributed by atoms with Gasteiger partial charge >= 0.3 is 6.03 Å². The Balaban J connectivity index is 2.77. The maximum absolute atomic E-state index is 11.5. The number of nitrogens with zero attached hydrogens (tertiary/aromatic N) is 1. The summed E-state index contributed by atoms with van der Waals surface area (Å²) in [5.74, 6) is 5.14. The van der Waals surface area contributed by atoms with Crippen molar-refractivity contribution in [1.82, 2.24) is 10.3 Å². The first-order chi connectivity index (χ1) is 8.38. The molecule has 100 valence electrons. The number of hydrogen-bond acceptors (Lipinski definition) is 2. The van der Waals surface area contributed by atoms with Gasteiger partial charge in [0.25, 0.3) is 0 Å². The van der Waals surface area contributed by atoms with Crippen LogP contribution in [0.5, 0.6) is 0 Å².